The summed E-state index contributed by atoms with van der Waals surface area (Å²) in [5.74, 6) is -0.344. The van der Waals surface area contributed by atoms with Crippen molar-refractivity contribution in [3.63, 3.8) is 0 Å². The van der Waals surface area contributed by atoms with Gasteiger partial charge in [0.1, 0.15) is 5.75 Å². The third-order valence-corrected chi connectivity index (χ3v) is 3.94. The summed E-state index contributed by atoms with van der Waals surface area (Å²) in [7, 11) is 0. The predicted molar refractivity (Wildman–Crippen MR) is 87.1 cm³/mol. The summed E-state index contributed by atoms with van der Waals surface area (Å²) in [6.45, 7) is 2.62. The minimum atomic E-state index is -0.958. The highest BCUT2D eigenvalue weighted by atomic mass is 35.5. The van der Waals surface area contributed by atoms with Gasteiger partial charge < -0.3 is 9.84 Å². The molecule has 5 heteroatoms. The lowest BCUT2D eigenvalue weighted by Crippen LogP contribution is -1.98. The van der Waals surface area contributed by atoms with Crippen LogP contribution in [0, 0.1) is 0 Å². The Morgan fingerprint density at radius 1 is 1.43 bits per heavy atom. The second-order valence-electron chi connectivity index (χ2n) is 4.38. The molecule has 1 heterocycles. The van der Waals surface area contributed by atoms with E-state index in [1.165, 1.54) is 11.3 Å². The Hall–Kier alpha value is -1.78. The summed E-state index contributed by atoms with van der Waals surface area (Å²) in [6, 6.07) is 8.88. The van der Waals surface area contributed by atoms with Crippen molar-refractivity contribution < 1.29 is 14.6 Å². The summed E-state index contributed by atoms with van der Waals surface area (Å²) in [5.41, 5.74) is 0.984. The maximum atomic E-state index is 11.4. The Kier molecular flexibility index (Phi) is 5.42. The molecule has 0 aliphatic rings. The lowest BCUT2D eigenvalue weighted by molar-refractivity contribution is -0.130. The fraction of sp³-hybridized carbons (Fsp3) is 0.188. The number of aliphatic carboxylic acids is 1. The SMILES string of the molecule is CCCOc1ccc(/C=C(\C(=O)O)c2cccs2)cc1Cl. The molecule has 0 bridgehead atoms. The van der Waals surface area contributed by atoms with Crippen LogP contribution in [-0.4, -0.2) is 17.7 Å². The lowest BCUT2D eigenvalue weighted by Gasteiger charge is -2.07. The molecule has 2 aromatic rings. The van der Waals surface area contributed by atoms with E-state index in [-0.39, 0.29) is 5.57 Å². The predicted octanol–water partition coefficient (Wildman–Crippen LogP) is 4.82. The number of rotatable bonds is 6. The second-order valence-corrected chi connectivity index (χ2v) is 5.73. The summed E-state index contributed by atoms with van der Waals surface area (Å²) in [4.78, 5) is 12.1. The van der Waals surface area contributed by atoms with Crippen LogP contribution in [0.15, 0.2) is 35.7 Å². The molecular weight excluding hydrogens is 308 g/mol. The van der Waals surface area contributed by atoms with Crippen LogP contribution in [-0.2, 0) is 4.79 Å². The molecule has 0 radical (unpaired) electrons. The molecule has 0 amide bonds. The van der Waals surface area contributed by atoms with E-state index < -0.39 is 5.97 Å². The third kappa shape index (κ3) is 4.09. The number of thiophene rings is 1. The minimum Gasteiger partial charge on any atom is -0.492 e. The number of carbonyl (C=O) groups is 1. The molecule has 1 aromatic heterocycles. The molecule has 0 spiro atoms. The number of ether oxygens (including phenoxy) is 1. The molecule has 0 fully saturated rings. The third-order valence-electron chi connectivity index (χ3n) is 2.75. The molecule has 3 nitrogen and oxygen atoms in total. The first-order chi connectivity index (χ1) is 10.1. The molecular formula is C16H15ClO3S. The fourth-order valence-corrected chi connectivity index (χ4v) is 2.75. The van der Waals surface area contributed by atoms with Gasteiger partial charge in [-0.3, -0.25) is 0 Å². The van der Waals surface area contributed by atoms with Gasteiger partial charge in [0.25, 0.3) is 0 Å². The van der Waals surface area contributed by atoms with Gasteiger partial charge >= 0.3 is 5.97 Å². The van der Waals surface area contributed by atoms with Crippen LogP contribution in [0.2, 0.25) is 5.02 Å². The molecule has 110 valence electrons. The smallest absolute Gasteiger partial charge is 0.337 e. The van der Waals surface area contributed by atoms with Gasteiger partial charge in [-0.25, -0.2) is 4.79 Å². The van der Waals surface area contributed by atoms with E-state index in [1.807, 2.05) is 18.4 Å². The number of hydrogen-bond acceptors (Lipinski definition) is 3. The maximum absolute atomic E-state index is 11.4. The fourth-order valence-electron chi connectivity index (χ4n) is 1.77. The largest absolute Gasteiger partial charge is 0.492 e. The number of benzene rings is 1. The van der Waals surface area contributed by atoms with Gasteiger partial charge in [0.05, 0.1) is 17.2 Å². The molecule has 2 rings (SSSR count). The molecule has 21 heavy (non-hydrogen) atoms. The number of halogens is 1. The Balaban J connectivity index is 2.30. The highest BCUT2D eigenvalue weighted by molar-refractivity contribution is 7.11. The molecule has 0 saturated heterocycles. The summed E-state index contributed by atoms with van der Waals surface area (Å²) >= 11 is 7.54. The first-order valence-corrected chi connectivity index (χ1v) is 7.78. The summed E-state index contributed by atoms with van der Waals surface area (Å²) < 4.78 is 5.50. The van der Waals surface area contributed by atoms with Gasteiger partial charge in [0.15, 0.2) is 0 Å². The van der Waals surface area contributed by atoms with Gasteiger partial charge in [0.2, 0.25) is 0 Å². The molecule has 0 aliphatic carbocycles. The van der Waals surface area contributed by atoms with Gasteiger partial charge in [-0.2, -0.15) is 0 Å². The van der Waals surface area contributed by atoms with E-state index in [0.717, 1.165) is 12.0 Å². The molecule has 0 aliphatic heterocycles. The normalized spacial score (nSPS) is 11.4. The average molecular weight is 323 g/mol. The van der Waals surface area contributed by atoms with Crippen LogP contribution in [0.3, 0.4) is 0 Å². The van der Waals surface area contributed by atoms with Crippen molar-refractivity contribution in [2.75, 3.05) is 6.61 Å². The lowest BCUT2D eigenvalue weighted by atomic mass is 10.1. The first kappa shape index (κ1) is 15.6. The van der Waals surface area contributed by atoms with Crippen molar-refractivity contribution in [3.8, 4) is 5.75 Å². The van der Waals surface area contributed by atoms with Crippen molar-refractivity contribution in [2.45, 2.75) is 13.3 Å². The number of hydrogen-bond donors (Lipinski definition) is 1. The molecule has 0 unspecified atom stereocenters. The number of carboxylic acid groups (broad SMARTS) is 1. The van der Waals surface area contributed by atoms with E-state index in [2.05, 4.69) is 0 Å². The van der Waals surface area contributed by atoms with E-state index in [0.29, 0.717) is 22.3 Å². The highest BCUT2D eigenvalue weighted by Crippen LogP contribution is 2.29. The Morgan fingerprint density at radius 2 is 2.24 bits per heavy atom. The van der Waals surface area contributed by atoms with E-state index >= 15 is 0 Å². The van der Waals surface area contributed by atoms with Crippen molar-refractivity contribution in [1.82, 2.24) is 0 Å². The van der Waals surface area contributed by atoms with Crippen LogP contribution in [0.4, 0.5) is 0 Å². The minimum absolute atomic E-state index is 0.253. The zero-order valence-corrected chi connectivity index (χ0v) is 13.1. The summed E-state index contributed by atoms with van der Waals surface area (Å²) in [6.07, 6.45) is 2.52. The average Bonchev–Trinajstić information content (AvgIpc) is 2.97. The monoisotopic (exact) mass is 322 g/mol. The topological polar surface area (TPSA) is 46.5 Å². The van der Waals surface area contributed by atoms with Crippen molar-refractivity contribution in [3.05, 3.63) is 51.2 Å². The first-order valence-electron chi connectivity index (χ1n) is 6.53. The second kappa shape index (κ2) is 7.29. The summed E-state index contributed by atoms with van der Waals surface area (Å²) in [5, 5.41) is 11.7. The van der Waals surface area contributed by atoms with Crippen LogP contribution in [0.5, 0.6) is 5.75 Å². The van der Waals surface area contributed by atoms with Crippen LogP contribution < -0.4 is 4.74 Å². The molecule has 0 atom stereocenters. The van der Waals surface area contributed by atoms with E-state index in [4.69, 9.17) is 16.3 Å². The van der Waals surface area contributed by atoms with Gasteiger partial charge in [-0.05, 0) is 41.6 Å². The Bertz CT molecular complexity index is 648. The van der Waals surface area contributed by atoms with Gasteiger partial charge in [0, 0.05) is 4.88 Å². The van der Waals surface area contributed by atoms with Crippen molar-refractivity contribution in [1.29, 1.82) is 0 Å². The molecule has 1 N–H and O–H groups in total. The van der Waals surface area contributed by atoms with Crippen molar-refractivity contribution in [2.24, 2.45) is 0 Å². The quantitative estimate of drug-likeness (QED) is 0.776. The highest BCUT2D eigenvalue weighted by Gasteiger charge is 2.12. The van der Waals surface area contributed by atoms with Crippen LogP contribution in [0.1, 0.15) is 23.8 Å². The Labute approximate surface area is 132 Å². The maximum Gasteiger partial charge on any atom is 0.337 e. The van der Waals surface area contributed by atoms with E-state index in [9.17, 15) is 9.90 Å². The molecule has 1 aromatic carbocycles. The molecule has 0 saturated carbocycles. The Morgan fingerprint density at radius 3 is 2.81 bits per heavy atom. The number of carboxylic acids is 1. The van der Waals surface area contributed by atoms with Crippen LogP contribution in [0.25, 0.3) is 11.6 Å². The zero-order chi connectivity index (χ0) is 15.2. The van der Waals surface area contributed by atoms with E-state index in [1.54, 1.807) is 30.3 Å². The van der Waals surface area contributed by atoms with Crippen molar-refractivity contribution >= 4 is 40.6 Å². The zero-order valence-electron chi connectivity index (χ0n) is 11.5. The standard InChI is InChI=1S/C16H15ClO3S/c1-2-7-20-14-6-5-11(10-13(14)17)9-12(16(18)19)15-4-3-8-21-15/h3-6,8-10H,2,7H2,1H3,(H,18,19)/b12-9-. The van der Waals surface area contributed by atoms with Gasteiger partial charge in [-0.15, -0.1) is 11.3 Å². The van der Waals surface area contributed by atoms with Crippen LogP contribution >= 0.6 is 22.9 Å². The van der Waals surface area contributed by atoms with Gasteiger partial charge in [-0.1, -0.05) is 30.7 Å².